The van der Waals surface area contributed by atoms with Crippen LogP contribution in [0.25, 0.3) is 0 Å². The van der Waals surface area contributed by atoms with Gasteiger partial charge in [0.15, 0.2) is 0 Å². The molecule has 11 heteroatoms. The number of ether oxygens (including phenoxy) is 1. The fraction of sp³-hybridized carbons (Fsp3) is 0.481. The number of benzene rings is 2. The topological polar surface area (TPSA) is 119 Å². The molecular formula is C27H38N4O6S. The van der Waals surface area contributed by atoms with Crippen LogP contribution in [-0.2, 0) is 19.6 Å². The number of aryl methyl sites for hydroxylation is 1. The number of piperidine rings is 1. The Morgan fingerprint density at radius 3 is 2.26 bits per heavy atom. The summed E-state index contributed by atoms with van der Waals surface area (Å²) in [6, 6.07) is 15.7. The van der Waals surface area contributed by atoms with E-state index in [0.717, 1.165) is 43.6 Å². The van der Waals surface area contributed by atoms with Crippen LogP contribution in [0.3, 0.4) is 0 Å². The summed E-state index contributed by atoms with van der Waals surface area (Å²) in [6.07, 6.45) is 3.42. The highest BCUT2D eigenvalue weighted by atomic mass is 32.2. The molecule has 2 amide bonds. The fourth-order valence-electron chi connectivity index (χ4n) is 4.67. The minimum absolute atomic E-state index is 0.0208. The van der Waals surface area contributed by atoms with E-state index in [1.807, 2.05) is 54.2 Å². The first-order chi connectivity index (χ1) is 18.1. The van der Waals surface area contributed by atoms with E-state index in [0.29, 0.717) is 19.0 Å². The van der Waals surface area contributed by atoms with Gasteiger partial charge in [-0.1, -0.05) is 35.9 Å². The molecule has 0 radical (unpaired) electrons. The SMILES string of the molecule is COC(=O)CCN1C(C)N(c2ccccc2)C(=O)N1CCC1CCNCC1.Cc1ccc(S(=O)(=O)O)cc1. The van der Waals surface area contributed by atoms with E-state index in [1.165, 1.54) is 19.2 Å². The van der Waals surface area contributed by atoms with Crippen molar-refractivity contribution in [2.24, 2.45) is 5.92 Å². The Balaban J connectivity index is 0.000000304. The molecule has 2 saturated heterocycles. The Kier molecular flexibility index (Phi) is 10.7. The summed E-state index contributed by atoms with van der Waals surface area (Å²) >= 11 is 0. The lowest BCUT2D eigenvalue weighted by Gasteiger charge is -2.31. The second-order valence-electron chi connectivity index (χ2n) is 9.50. The van der Waals surface area contributed by atoms with Gasteiger partial charge in [0, 0.05) is 18.8 Å². The number of anilines is 1. The molecule has 2 aromatic rings. The molecule has 0 bridgehead atoms. The number of nitrogens with zero attached hydrogens (tertiary/aromatic N) is 3. The Labute approximate surface area is 225 Å². The number of carbonyl (C=O) groups excluding carboxylic acids is 2. The van der Waals surface area contributed by atoms with Crippen LogP contribution in [0.15, 0.2) is 59.5 Å². The van der Waals surface area contributed by atoms with Crippen molar-refractivity contribution in [2.45, 2.75) is 50.6 Å². The number of urea groups is 1. The van der Waals surface area contributed by atoms with E-state index in [1.54, 1.807) is 17.0 Å². The molecule has 0 aliphatic carbocycles. The third-order valence-corrected chi connectivity index (χ3v) is 7.74. The number of hydrogen-bond acceptors (Lipinski definition) is 7. The summed E-state index contributed by atoms with van der Waals surface area (Å²) in [5.74, 6) is 0.383. The first-order valence-corrected chi connectivity index (χ1v) is 14.3. The zero-order valence-electron chi connectivity index (χ0n) is 22.2. The molecule has 2 heterocycles. The minimum Gasteiger partial charge on any atom is -0.469 e. The van der Waals surface area contributed by atoms with Crippen molar-refractivity contribution in [1.29, 1.82) is 0 Å². The summed E-state index contributed by atoms with van der Waals surface area (Å²) in [7, 11) is -2.62. The first kappa shape index (κ1) is 29.6. The van der Waals surface area contributed by atoms with Crippen LogP contribution in [0.2, 0.25) is 0 Å². The van der Waals surface area contributed by atoms with Crippen molar-refractivity contribution >= 4 is 27.8 Å². The van der Waals surface area contributed by atoms with Crippen molar-refractivity contribution < 1.29 is 27.3 Å². The summed E-state index contributed by atoms with van der Waals surface area (Å²) in [4.78, 5) is 26.6. The van der Waals surface area contributed by atoms with Crippen LogP contribution in [-0.4, -0.2) is 74.4 Å². The molecular weight excluding hydrogens is 508 g/mol. The van der Waals surface area contributed by atoms with Crippen molar-refractivity contribution in [3.63, 3.8) is 0 Å². The van der Waals surface area contributed by atoms with E-state index < -0.39 is 10.1 Å². The molecule has 1 unspecified atom stereocenters. The quantitative estimate of drug-likeness (QED) is 0.380. The predicted molar refractivity (Wildman–Crippen MR) is 145 cm³/mol. The largest absolute Gasteiger partial charge is 0.469 e. The van der Waals surface area contributed by atoms with Crippen molar-refractivity contribution in [3.05, 3.63) is 60.2 Å². The van der Waals surface area contributed by atoms with E-state index >= 15 is 0 Å². The van der Waals surface area contributed by atoms with Crippen molar-refractivity contribution in [1.82, 2.24) is 15.3 Å². The highest BCUT2D eigenvalue weighted by molar-refractivity contribution is 7.85. The van der Waals surface area contributed by atoms with E-state index in [2.05, 4.69) is 5.32 Å². The number of para-hydroxylation sites is 1. The van der Waals surface area contributed by atoms with Gasteiger partial charge in [0.05, 0.1) is 18.4 Å². The zero-order chi connectivity index (χ0) is 27.7. The summed E-state index contributed by atoms with van der Waals surface area (Å²) in [6.45, 7) is 7.10. The fourth-order valence-corrected chi connectivity index (χ4v) is 5.15. The Morgan fingerprint density at radius 1 is 1.05 bits per heavy atom. The number of methoxy groups -OCH3 is 1. The molecule has 0 aromatic heterocycles. The van der Waals surface area contributed by atoms with Gasteiger partial charge in [0.1, 0.15) is 6.17 Å². The molecule has 2 aliphatic heterocycles. The van der Waals surface area contributed by atoms with Gasteiger partial charge >= 0.3 is 12.0 Å². The molecule has 0 spiro atoms. The summed E-state index contributed by atoms with van der Waals surface area (Å²) in [5, 5.41) is 7.21. The van der Waals surface area contributed by atoms with Crippen molar-refractivity contribution in [3.8, 4) is 0 Å². The maximum atomic E-state index is 13.2. The molecule has 2 aromatic carbocycles. The van der Waals surface area contributed by atoms with E-state index in [4.69, 9.17) is 9.29 Å². The average molecular weight is 547 g/mol. The molecule has 2 aliphatic rings. The monoisotopic (exact) mass is 546 g/mol. The van der Waals surface area contributed by atoms with E-state index in [9.17, 15) is 18.0 Å². The summed E-state index contributed by atoms with van der Waals surface area (Å²) < 4.78 is 34.3. The third-order valence-electron chi connectivity index (χ3n) is 6.88. The molecule has 10 nitrogen and oxygen atoms in total. The highest BCUT2D eigenvalue weighted by Crippen LogP contribution is 2.29. The normalized spacial score (nSPS) is 18.7. The number of amides is 2. The smallest absolute Gasteiger partial charge is 0.340 e. The van der Waals surface area contributed by atoms with Crippen LogP contribution >= 0.6 is 0 Å². The maximum absolute atomic E-state index is 13.2. The van der Waals surface area contributed by atoms with Gasteiger partial charge in [-0.2, -0.15) is 13.4 Å². The number of carbonyl (C=O) groups is 2. The minimum atomic E-state index is -4.02. The third kappa shape index (κ3) is 8.00. The number of rotatable bonds is 8. The van der Waals surface area contributed by atoms with Gasteiger partial charge in [0.2, 0.25) is 0 Å². The number of hydrogen-bond donors (Lipinski definition) is 2. The first-order valence-electron chi connectivity index (χ1n) is 12.9. The van der Waals surface area contributed by atoms with Crippen LogP contribution in [0.1, 0.15) is 38.2 Å². The lowest BCUT2D eigenvalue weighted by molar-refractivity contribution is -0.141. The van der Waals surface area contributed by atoms with Crippen molar-refractivity contribution in [2.75, 3.05) is 38.2 Å². The van der Waals surface area contributed by atoms with Gasteiger partial charge in [-0.05, 0) is 76.4 Å². The van der Waals surface area contributed by atoms with Crippen LogP contribution < -0.4 is 10.2 Å². The standard InChI is InChI=1S/C20H30N4O3.C7H8O3S/c1-16-22(15-11-19(25)27-2)23(14-10-17-8-12-21-13-9-17)20(26)24(16)18-6-4-3-5-7-18;1-6-2-4-7(5-3-6)11(8,9)10/h3-7,16-17,21H,8-15H2,1-2H3;2-5H,1H3,(H,8,9,10). The Hall–Kier alpha value is -2.99. The van der Waals surface area contributed by atoms with Gasteiger partial charge in [-0.25, -0.2) is 4.79 Å². The van der Waals surface area contributed by atoms with Crippen LogP contribution in [0.5, 0.6) is 0 Å². The van der Waals surface area contributed by atoms with E-state index in [-0.39, 0.29) is 29.5 Å². The van der Waals surface area contributed by atoms with Crippen LogP contribution in [0.4, 0.5) is 10.5 Å². The Morgan fingerprint density at radius 2 is 1.68 bits per heavy atom. The van der Waals surface area contributed by atoms with Gasteiger partial charge < -0.3 is 10.1 Å². The second kappa shape index (κ2) is 13.7. The number of hydrazine groups is 1. The molecule has 4 rings (SSSR count). The maximum Gasteiger partial charge on any atom is 0.340 e. The second-order valence-corrected chi connectivity index (χ2v) is 10.9. The molecule has 38 heavy (non-hydrogen) atoms. The van der Waals surface area contributed by atoms with Gasteiger partial charge in [-0.3, -0.25) is 19.3 Å². The molecule has 2 fully saturated rings. The predicted octanol–water partition coefficient (Wildman–Crippen LogP) is 3.69. The van der Waals surface area contributed by atoms with Gasteiger partial charge in [0.25, 0.3) is 10.1 Å². The summed E-state index contributed by atoms with van der Waals surface area (Å²) in [5.41, 5.74) is 1.83. The molecule has 208 valence electrons. The molecule has 2 N–H and O–H groups in total. The molecule has 0 saturated carbocycles. The lowest BCUT2D eigenvalue weighted by Crippen LogP contribution is -2.44. The Bertz CT molecular complexity index is 1150. The van der Waals surface area contributed by atoms with Crippen LogP contribution in [0, 0.1) is 12.8 Å². The van der Waals surface area contributed by atoms with Gasteiger partial charge in [-0.15, -0.1) is 0 Å². The highest BCUT2D eigenvalue weighted by Gasteiger charge is 2.42. The molecule has 1 atom stereocenters. The number of nitrogens with one attached hydrogen (secondary N) is 1. The number of esters is 1. The lowest BCUT2D eigenvalue weighted by atomic mass is 9.95. The zero-order valence-corrected chi connectivity index (χ0v) is 23.1. The average Bonchev–Trinajstić information content (AvgIpc) is 3.15.